The van der Waals surface area contributed by atoms with E-state index >= 15 is 0 Å². The van der Waals surface area contributed by atoms with Gasteiger partial charge in [-0.3, -0.25) is 14.8 Å². The largest absolute Gasteiger partial charge is 0.443 e. The first-order valence-corrected chi connectivity index (χ1v) is 11.8. The summed E-state index contributed by atoms with van der Waals surface area (Å²) in [6.45, 7) is -0.598. The molecule has 0 aliphatic carbocycles. The molecular formula is C23H18F4N4O4S. The van der Waals surface area contributed by atoms with E-state index in [-0.39, 0.29) is 23.2 Å². The number of aromatic nitrogens is 2. The van der Waals surface area contributed by atoms with E-state index in [0.29, 0.717) is 11.3 Å². The zero-order valence-corrected chi connectivity index (χ0v) is 19.4. The van der Waals surface area contributed by atoms with Crippen molar-refractivity contribution in [2.75, 3.05) is 13.6 Å². The Morgan fingerprint density at radius 3 is 2.56 bits per heavy atom. The van der Waals surface area contributed by atoms with Gasteiger partial charge < -0.3 is 9.73 Å². The van der Waals surface area contributed by atoms with Gasteiger partial charge in [0.05, 0.1) is 30.0 Å². The van der Waals surface area contributed by atoms with Crippen LogP contribution in [0.25, 0.3) is 22.2 Å². The Labute approximate surface area is 202 Å². The lowest BCUT2D eigenvalue weighted by Gasteiger charge is -2.15. The summed E-state index contributed by atoms with van der Waals surface area (Å²) < 4.78 is 83.2. The molecule has 1 N–H and O–H groups in total. The zero-order valence-electron chi connectivity index (χ0n) is 18.6. The van der Waals surface area contributed by atoms with Crippen LogP contribution >= 0.6 is 0 Å². The van der Waals surface area contributed by atoms with E-state index in [1.807, 2.05) is 0 Å². The predicted octanol–water partition coefficient (Wildman–Crippen LogP) is 3.98. The van der Waals surface area contributed by atoms with E-state index in [0.717, 1.165) is 28.7 Å². The minimum atomic E-state index is -4.50. The van der Waals surface area contributed by atoms with E-state index in [9.17, 15) is 30.8 Å². The highest BCUT2D eigenvalue weighted by Gasteiger charge is 2.30. The van der Waals surface area contributed by atoms with Gasteiger partial charge >= 0.3 is 6.18 Å². The van der Waals surface area contributed by atoms with Crippen molar-refractivity contribution in [1.29, 1.82) is 0 Å². The molecule has 0 saturated carbocycles. The van der Waals surface area contributed by atoms with Gasteiger partial charge in [0, 0.05) is 36.5 Å². The van der Waals surface area contributed by atoms with Gasteiger partial charge in [0.1, 0.15) is 11.4 Å². The molecule has 3 heterocycles. The first-order valence-electron chi connectivity index (χ1n) is 10.3. The van der Waals surface area contributed by atoms with Crippen LogP contribution in [0.2, 0.25) is 0 Å². The molecule has 0 atom stereocenters. The molecule has 36 heavy (non-hydrogen) atoms. The Kier molecular flexibility index (Phi) is 6.78. The number of likely N-dealkylation sites (N-methyl/N-ethyl adjacent to an activating group) is 1. The Bertz CT molecular complexity index is 1520. The lowest BCUT2D eigenvalue weighted by atomic mass is 10.1. The lowest BCUT2D eigenvalue weighted by molar-refractivity contribution is -0.137. The van der Waals surface area contributed by atoms with Crippen LogP contribution in [0.5, 0.6) is 0 Å². The van der Waals surface area contributed by atoms with Crippen LogP contribution in [0.15, 0.2) is 70.4 Å². The quantitative estimate of drug-likeness (QED) is 0.368. The number of hydrogen-bond acceptors (Lipinski definition) is 6. The van der Waals surface area contributed by atoms with Crippen LogP contribution in [0, 0.1) is 5.82 Å². The second-order valence-electron chi connectivity index (χ2n) is 7.75. The summed E-state index contributed by atoms with van der Waals surface area (Å²) in [6.07, 6.45) is -2.36. The van der Waals surface area contributed by atoms with Crippen LogP contribution in [0.3, 0.4) is 0 Å². The fourth-order valence-corrected chi connectivity index (χ4v) is 4.33. The van der Waals surface area contributed by atoms with Crippen molar-refractivity contribution in [2.24, 2.45) is 0 Å². The van der Waals surface area contributed by atoms with Crippen LogP contribution in [-0.4, -0.2) is 42.2 Å². The number of benzene rings is 1. The van der Waals surface area contributed by atoms with Gasteiger partial charge in [-0.1, -0.05) is 0 Å². The van der Waals surface area contributed by atoms with E-state index in [1.165, 1.54) is 31.4 Å². The molecule has 3 aromatic heterocycles. The van der Waals surface area contributed by atoms with E-state index in [1.54, 1.807) is 12.1 Å². The molecule has 0 bridgehead atoms. The molecule has 0 spiro atoms. The molecule has 0 fully saturated rings. The second-order valence-corrected chi connectivity index (χ2v) is 9.73. The summed E-state index contributed by atoms with van der Waals surface area (Å²) in [5.41, 5.74) is 0.467. The van der Waals surface area contributed by atoms with Gasteiger partial charge in [-0.2, -0.15) is 17.5 Å². The van der Waals surface area contributed by atoms with Crippen LogP contribution in [0.1, 0.15) is 11.3 Å². The first kappa shape index (κ1) is 25.3. The molecular weight excluding hydrogens is 504 g/mol. The highest BCUT2D eigenvalue weighted by Crippen LogP contribution is 2.30. The highest BCUT2D eigenvalue weighted by atomic mass is 32.2. The number of sulfonamides is 1. The summed E-state index contributed by atoms with van der Waals surface area (Å²) in [6, 6.07) is 9.99. The number of carbonyl (C=O) groups excluding carboxylic acids is 1. The third-order valence-electron chi connectivity index (χ3n) is 5.16. The SMILES string of the molecule is CN(CC(=O)NCc1cc(-c2ccc(C(F)(F)F)cn2)ccn1)S(=O)(=O)c1cc2cc(F)ccc2o1. The third kappa shape index (κ3) is 5.52. The molecule has 0 aliphatic heterocycles. The summed E-state index contributed by atoms with van der Waals surface area (Å²) in [5.74, 6) is -1.19. The summed E-state index contributed by atoms with van der Waals surface area (Å²) in [7, 11) is -2.98. The molecule has 1 amide bonds. The van der Waals surface area contributed by atoms with Crippen molar-refractivity contribution in [3.63, 3.8) is 0 Å². The molecule has 188 valence electrons. The van der Waals surface area contributed by atoms with Crippen LogP contribution < -0.4 is 5.32 Å². The number of rotatable bonds is 7. The number of amides is 1. The van der Waals surface area contributed by atoms with Crippen molar-refractivity contribution < 1.29 is 35.2 Å². The fraction of sp³-hybridized carbons (Fsp3) is 0.174. The number of carbonyl (C=O) groups is 1. The van der Waals surface area contributed by atoms with Crippen molar-refractivity contribution in [3.05, 3.63) is 78.0 Å². The maximum Gasteiger partial charge on any atom is 0.417 e. The topological polar surface area (TPSA) is 105 Å². The number of nitrogens with one attached hydrogen (secondary N) is 1. The highest BCUT2D eigenvalue weighted by molar-refractivity contribution is 7.89. The number of alkyl halides is 3. The van der Waals surface area contributed by atoms with Gasteiger partial charge in [0.25, 0.3) is 10.0 Å². The molecule has 0 saturated heterocycles. The lowest BCUT2D eigenvalue weighted by Crippen LogP contribution is -2.38. The molecule has 13 heteroatoms. The van der Waals surface area contributed by atoms with Gasteiger partial charge in [-0.15, -0.1) is 0 Å². The van der Waals surface area contributed by atoms with Crippen molar-refractivity contribution in [3.8, 4) is 11.3 Å². The molecule has 0 radical (unpaired) electrons. The molecule has 4 aromatic rings. The van der Waals surface area contributed by atoms with Gasteiger partial charge in [-0.05, 0) is 42.5 Å². The smallest absolute Gasteiger partial charge is 0.417 e. The number of halogens is 4. The molecule has 1 aromatic carbocycles. The minimum absolute atomic E-state index is 0.0644. The van der Waals surface area contributed by atoms with Crippen molar-refractivity contribution in [2.45, 2.75) is 17.8 Å². The number of fused-ring (bicyclic) bond motifs is 1. The van der Waals surface area contributed by atoms with E-state index < -0.39 is 45.1 Å². The first-order chi connectivity index (χ1) is 16.9. The van der Waals surface area contributed by atoms with E-state index in [4.69, 9.17) is 4.42 Å². The van der Waals surface area contributed by atoms with Gasteiger partial charge in [-0.25, -0.2) is 12.8 Å². The zero-order chi connectivity index (χ0) is 26.1. The Morgan fingerprint density at radius 2 is 1.86 bits per heavy atom. The summed E-state index contributed by atoms with van der Waals surface area (Å²) in [5, 5.41) is 2.37. The maximum atomic E-state index is 13.4. The molecule has 8 nitrogen and oxygen atoms in total. The molecule has 0 unspecified atom stereocenters. The van der Waals surface area contributed by atoms with Crippen LogP contribution in [0.4, 0.5) is 17.6 Å². The average molecular weight is 522 g/mol. The van der Waals surface area contributed by atoms with E-state index in [2.05, 4.69) is 15.3 Å². The average Bonchev–Trinajstić information content (AvgIpc) is 3.26. The fourth-order valence-electron chi connectivity index (χ4n) is 3.27. The standard InChI is InChI=1S/C23H18F4N4O4S/c1-31(36(33,34)22-10-15-8-17(24)3-5-20(15)35-22)13-21(32)30-12-18-9-14(6-7-28-18)19-4-2-16(11-29-19)23(25,26)27/h2-11H,12-13H2,1H3,(H,30,32). The van der Waals surface area contributed by atoms with Crippen molar-refractivity contribution in [1.82, 2.24) is 19.6 Å². The van der Waals surface area contributed by atoms with Gasteiger partial charge in [0.15, 0.2) is 0 Å². The Hall–Kier alpha value is -3.84. The number of nitrogens with zero attached hydrogens (tertiary/aromatic N) is 3. The second kappa shape index (κ2) is 9.66. The maximum absolute atomic E-state index is 13.4. The molecule has 0 aliphatic rings. The number of hydrogen-bond donors (Lipinski definition) is 1. The van der Waals surface area contributed by atoms with Crippen molar-refractivity contribution >= 4 is 26.9 Å². The monoisotopic (exact) mass is 522 g/mol. The number of pyridine rings is 2. The van der Waals surface area contributed by atoms with Gasteiger partial charge in [0.2, 0.25) is 11.0 Å². The number of furan rings is 1. The Balaban J connectivity index is 1.39. The predicted molar refractivity (Wildman–Crippen MR) is 120 cm³/mol. The summed E-state index contributed by atoms with van der Waals surface area (Å²) in [4.78, 5) is 20.3. The minimum Gasteiger partial charge on any atom is -0.443 e. The third-order valence-corrected chi connectivity index (χ3v) is 6.82. The summed E-state index contributed by atoms with van der Waals surface area (Å²) >= 11 is 0. The molecule has 4 rings (SSSR count). The Morgan fingerprint density at radius 1 is 1.08 bits per heavy atom. The normalized spacial score (nSPS) is 12.3. The van der Waals surface area contributed by atoms with Crippen LogP contribution in [-0.2, 0) is 27.5 Å².